The van der Waals surface area contributed by atoms with E-state index in [1.54, 1.807) is 66.7 Å². The first-order valence-electron chi connectivity index (χ1n) is 9.15. The van der Waals surface area contributed by atoms with Crippen LogP contribution in [0.3, 0.4) is 0 Å². The Morgan fingerprint density at radius 2 is 1.80 bits per heavy atom. The van der Waals surface area contributed by atoms with Crippen LogP contribution >= 0.6 is 11.6 Å². The highest BCUT2D eigenvalue weighted by atomic mass is 35.5. The molecule has 1 atom stereocenters. The van der Waals surface area contributed by atoms with E-state index in [-0.39, 0.29) is 17.2 Å². The van der Waals surface area contributed by atoms with Crippen molar-refractivity contribution in [2.75, 3.05) is 5.32 Å². The number of carbonyl (C=O) groups is 1. The minimum Gasteiger partial charge on any atom is -0.392 e. The Labute approximate surface area is 179 Å². The molecular formula is C24H19ClN2O3. The SMILES string of the molecule is N#Cc1ccc(NC(=O)C(O)(C=Cc2ccccc2CO)c2ccccc2)cc1Cl. The zero-order valence-corrected chi connectivity index (χ0v) is 16.7. The van der Waals surface area contributed by atoms with Gasteiger partial charge in [-0.25, -0.2) is 0 Å². The van der Waals surface area contributed by atoms with Crippen LogP contribution in [0.5, 0.6) is 0 Å². The van der Waals surface area contributed by atoms with Crippen molar-refractivity contribution in [2.45, 2.75) is 12.2 Å². The van der Waals surface area contributed by atoms with Crippen LogP contribution in [0.25, 0.3) is 6.08 Å². The second-order valence-corrected chi connectivity index (χ2v) is 6.99. The summed E-state index contributed by atoms with van der Waals surface area (Å²) in [5.41, 5.74) is 0.382. The summed E-state index contributed by atoms with van der Waals surface area (Å²) >= 11 is 6.04. The number of nitrogens with one attached hydrogen (secondary N) is 1. The molecule has 0 heterocycles. The summed E-state index contributed by atoms with van der Waals surface area (Å²) in [5, 5.41) is 32.7. The van der Waals surface area contributed by atoms with Crippen molar-refractivity contribution < 1.29 is 15.0 Å². The third kappa shape index (κ3) is 4.58. The number of hydrogen-bond donors (Lipinski definition) is 3. The monoisotopic (exact) mass is 418 g/mol. The number of hydrogen-bond acceptors (Lipinski definition) is 4. The molecule has 0 aliphatic carbocycles. The van der Waals surface area contributed by atoms with Crippen LogP contribution in [0.1, 0.15) is 22.3 Å². The fourth-order valence-corrected chi connectivity index (χ4v) is 3.18. The van der Waals surface area contributed by atoms with E-state index in [4.69, 9.17) is 16.9 Å². The van der Waals surface area contributed by atoms with Gasteiger partial charge in [0.05, 0.1) is 17.2 Å². The van der Waals surface area contributed by atoms with Gasteiger partial charge in [0.1, 0.15) is 6.07 Å². The molecule has 3 N–H and O–H groups in total. The fraction of sp³-hybridized carbons (Fsp3) is 0.0833. The van der Waals surface area contributed by atoms with Crippen LogP contribution in [0.4, 0.5) is 5.69 Å². The number of nitriles is 1. The lowest BCUT2D eigenvalue weighted by Crippen LogP contribution is -2.38. The van der Waals surface area contributed by atoms with Crippen LogP contribution in [-0.4, -0.2) is 16.1 Å². The van der Waals surface area contributed by atoms with Gasteiger partial charge in [0.25, 0.3) is 5.91 Å². The maximum Gasteiger partial charge on any atom is 0.265 e. The zero-order valence-electron chi connectivity index (χ0n) is 15.9. The fourth-order valence-electron chi connectivity index (χ4n) is 2.96. The van der Waals surface area contributed by atoms with Crippen molar-refractivity contribution in [1.29, 1.82) is 5.26 Å². The lowest BCUT2D eigenvalue weighted by atomic mass is 9.91. The Bertz CT molecular complexity index is 1120. The highest BCUT2D eigenvalue weighted by Gasteiger charge is 2.35. The van der Waals surface area contributed by atoms with Crippen molar-refractivity contribution in [3.63, 3.8) is 0 Å². The average Bonchev–Trinajstić information content (AvgIpc) is 2.78. The van der Waals surface area contributed by atoms with Gasteiger partial charge in [-0.15, -0.1) is 0 Å². The molecule has 150 valence electrons. The number of benzene rings is 3. The Morgan fingerprint density at radius 1 is 1.10 bits per heavy atom. The third-order valence-electron chi connectivity index (χ3n) is 4.64. The molecule has 0 saturated carbocycles. The van der Waals surface area contributed by atoms with Gasteiger partial charge in [-0.3, -0.25) is 4.79 Å². The molecule has 3 aromatic carbocycles. The van der Waals surface area contributed by atoms with E-state index in [9.17, 15) is 15.0 Å². The number of anilines is 1. The van der Waals surface area contributed by atoms with Gasteiger partial charge in [0.2, 0.25) is 0 Å². The smallest absolute Gasteiger partial charge is 0.265 e. The Balaban J connectivity index is 1.98. The van der Waals surface area contributed by atoms with Crippen molar-refractivity contribution >= 4 is 29.3 Å². The van der Waals surface area contributed by atoms with E-state index in [1.165, 1.54) is 18.2 Å². The molecule has 0 aliphatic heterocycles. The van der Waals surface area contributed by atoms with Gasteiger partial charge >= 0.3 is 0 Å². The number of rotatable bonds is 6. The van der Waals surface area contributed by atoms with E-state index in [0.29, 0.717) is 22.4 Å². The minimum atomic E-state index is -1.98. The summed E-state index contributed by atoms with van der Waals surface area (Å²) in [6, 6.07) is 22.1. The maximum atomic E-state index is 13.1. The van der Waals surface area contributed by atoms with Crippen LogP contribution in [0, 0.1) is 11.3 Å². The lowest BCUT2D eigenvalue weighted by molar-refractivity contribution is -0.130. The highest BCUT2D eigenvalue weighted by molar-refractivity contribution is 6.32. The quantitative estimate of drug-likeness (QED) is 0.558. The number of aliphatic hydroxyl groups is 2. The molecule has 6 heteroatoms. The zero-order chi connectivity index (χ0) is 21.6. The first-order chi connectivity index (χ1) is 14.5. The number of nitrogens with zero attached hydrogens (tertiary/aromatic N) is 1. The Hall–Kier alpha value is -3.43. The topological polar surface area (TPSA) is 93.4 Å². The Morgan fingerprint density at radius 3 is 2.47 bits per heavy atom. The predicted molar refractivity (Wildman–Crippen MR) is 117 cm³/mol. The summed E-state index contributed by atoms with van der Waals surface area (Å²) in [5.74, 6) is -0.688. The summed E-state index contributed by atoms with van der Waals surface area (Å²) in [7, 11) is 0. The molecule has 1 amide bonds. The molecule has 30 heavy (non-hydrogen) atoms. The van der Waals surface area contributed by atoms with Gasteiger partial charge in [0.15, 0.2) is 5.60 Å². The first-order valence-corrected chi connectivity index (χ1v) is 9.52. The normalized spacial score (nSPS) is 12.9. The van der Waals surface area contributed by atoms with Crippen molar-refractivity contribution in [1.82, 2.24) is 0 Å². The van der Waals surface area contributed by atoms with Crippen LogP contribution in [-0.2, 0) is 17.0 Å². The molecule has 0 radical (unpaired) electrons. The van der Waals surface area contributed by atoms with Gasteiger partial charge in [-0.1, -0.05) is 72.3 Å². The number of aliphatic hydroxyl groups excluding tert-OH is 1. The second kappa shape index (κ2) is 9.38. The largest absolute Gasteiger partial charge is 0.392 e. The molecule has 0 aliphatic rings. The molecular weight excluding hydrogens is 400 g/mol. The van der Waals surface area contributed by atoms with E-state index in [2.05, 4.69) is 5.32 Å². The number of amides is 1. The van der Waals surface area contributed by atoms with Gasteiger partial charge in [-0.05, 0) is 41.0 Å². The molecule has 3 rings (SSSR count). The second-order valence-electron chi connectivity index (χ2n) is 6.58. The standard InChI is InChI=1S/C24H19ClN2O3/c25-22-14-21(11-10-18(22)15-26)27-23(29)24(30,20-8-2-1-3-9-20)13-12-17-6-4-5-7-19(17)16-28/h1-14,28,30H,16H2,(H,27,29). The van der Waals surface area contributed by atoms with Crippen LogP contribution in [0.15, 0.2) is 78.9 Å². The molecule has 1 unspecified atom stereocenters. The highest BCUT2D eigenvalue weighted by Crippen LogP contribution is 2.28. The summed E-state index contributed by atoms with van der Waals surface area (Å²) in [6.45, 7) is -0.166. The molecule has 0 saturated heterocycles. The summed E-state index contributed by atoms with van der Waals surface area (Å²) in [6.07, 6.45) is 2.99. The van der Waals surface area contributed by atoms with Crippen molar-refractivity contribution in [2.24, 2.45) is 0 Å². The van der Waals surface area contributed by atoms with E-state index in [1.807, 2.05) is 6.07 Å². The first kappa shape index (κ1) is 21.3. The molecule has 0 aromatic heterocycles. The van der Waals surface area contributed by atoms with Gasteiger partial charge < -0.3 is 15.5 Å². The number of halogens is 1. The number of carbonyl (C=O) groups excluding carboxylic acids is 1. The van der Waals surface area contributed by atoms with Crippen LogP contribution < -0.4 is 5.32 Å². The van der Waals surface area contributed by atoms with E-state index >= 15 is 0 Å². The van der Waals surface area contributed by atoms with Crippen molar-refractivity contribution in [3.8, 4) is 6.07 Å². The van der Waals surface area contributed by atoms with E-state index < -0.39 is 11.5 Å². The van der Waals surface area contributed by atoms with Gasteiger partial charge in [-0.2, -0.15) is 5.26 Å². The average molecular weight is 419 g/mol. The van der Waals surface area contributed by atoms with Crippen LogP contribution in [0.2, 0.25) is 5.02 Å². The third-order valence-corrected chi connectivity index (χ3v) is 4.95. The molecule has 0 fully saturated rings. The molecule has 3 aromatic rings. The summed E-state index contributed by atoms with van der Waals surface area (Å²) < 4.78 is 0. The summed E-state index contributed by atoms with van der Waals surface area (Å²) in [4.78, 5) is 13.1. The van der Waals surface area contributed by atoms with Crippen molar-refractivity contribution in [3.05, 3.63) is 106 Å². The molecule has 5 nitrogen and oxygen atoms in total. The Kier molecular flexibility index (Phi) is 6.65. The predicted octanol–water partition coefficient (Wildman–Crippen LogP) is 4.24. The minimum absolute atomic E-state index is 0.166. The van der Waals surface area contributed by atoms with E-state index in [0.717, 1.165) is 0 Å². The lowest BCUT2D eigenvalue weighted by Gasteiger charge is -2.24. The molecule has 0 bridgehead atoms. The van der Waals surface area contributed by atoms with Gasteiger partial charge in [0, 0.05) is 5.69 Å². The molecule has 0 spiro atoms. The maximum absolute atomic E-state index is 13.1.